The van der Waals surface area contributed by atoms with Gasteiger partial charge in [0.1, 0.15) is 12.3 Å². The van der Waals surface area contributed by atoms with E-state index in [2.05, 4.69) is 35.9 Å². The molecule has 1 amide bonds. The number of halogens is 6. The second-order valence-corrected chi connectivity index (χ2v) is 6.23. The van der Waals surface area contributed by atoms with Gasteiger partial charge in [0.05, 0.1) is 17.9 Å². The number of alkyl halides is 6. The third-order valence-electron chi connectivity index (χ3n) is 3.89. The van der Waals surface area contributed by atoms with E-state index in [0.717, 1.165) is 17.8 Å². The largest absolute Gasteiger partial charge is 0.451 e. The second-order valence-electron chi connectivity index (χ2n) is 6.23. The van der Waals surface area contributed by atoms with Crippen LogP contribution >= 0.6 is 0 Å². The molecule has 172 valence electrons. The van der Waals surface area contributed by atoms with Crippen molar-refractivity contribution in [1.82, 2.24) is 40.0 Å². The van der Waals surface area contributed by atoms with Crippen LogP contribution < -0.4 is 5.32 Å². The van der Waals surface area contributed by atoms with Crippen LogP contribution in [0.25, 0.3) is 0 Å². The van der Waals surface area contributed by atoms with Gasteiger partial charge in [-0.05, 0) is 22.6 Å². The number of tetrazole rings is 1. The van der Waals surface area contributed by atoms with Crippen LogP contribution in [0.15, 0.2) is 12.1 Å². The van der Waals surface area contributed by atoms with Crippen LogP contribution in [0.5, 0.6) is 0 Å². The lowest BCUT2D eigenvalue weighted by Gasteiger charge is -2.12. The molecule has 0 atom stereocenters. The van der Waals surface area contributed by atoms with E-state index >= 15 is 0 Å². The number of nitrogens with one attached hydrogen (secondary N) is 1. The first-order valence-electron chi connectivity index (χ1n) is 8.52. The lowest BCUT2D eigenvalue weighted by atomic mass is 10.1. The first-order valence-corrected chi connectivity index (χ1v) is 8.52. The topological polar surface area (TPSA) is 126 Å². The van der Waals surface area contributed by atoms with Crippen molar-refractivity contribution in [3.8, 4) is 0 Å². The number of amides is 1. The molecular weight excluding hydrogens is 452 g/mol. The number of carbonyl (C=O) groups is 1. The van der Waals surface area contributed by atoms with Gasteiger partial charge in [-0.1, -0.05) is 5.10 Å². The third kappa shape index (κ3) is 5.16. The van der Waals surface area contributed by atoms with Gasteiger partial charge in [0.2, 0.25) is 11.8 Å². The molecule has 0 spiro atoms. The molecule has 1 N–H and O–H groups in total. The zero-order valence-corrected chi connectivity index (χ0v) is 16.2. The molecule has 0 aromatic carbocycles. The van der Waals surface area contributed by atoms with Gasteiger partial charge >= 0.3 is 12.4 Å². The number of rotatable bonds is 6. The Morgan fingerprint density at radius 3 is 2.31 bits per heavy atom. The normalized spacial score (nSPS) is 12.2. The Kier molecular flexibility index (Phi) is 6.11. The fraction of sp³-hybridized carbons (Fsp3) is 0.400. The number of hydrogen-bond donors (Lipinski definition) is 1. The molecule has 0 aliphatic carbocycles. The van der Waals surface area contributed by atoms with Gasteiger partial charge in [-0.3, -0.25) is 10.1 Å². The summed E-state index contributed by atoms with van der Waals surface area (Å²) in [5.74, 6) is -2.59. The molecular formula is C15H13F6N9O2. The number of hydrogen-bond acceptors (Lipinski definition) is 8. The fourth-order valence-electron chi connectivity index (χ4n) is 2.46. The van der Waals surface area contributed by atoms with Crippen LogP contribution in [0.3, 0.4) is 0 Å². The van der Waals surface area contributed by atoms with Gasteiger partial charge in [0, 0.05) is 14.1 Å². The van der Waals surface area contributed by atoms with Crippen molar-refractivity contribution >= 4 is 11.9 Å². The van der Waals surface area contributed by atoms with Crippen molar-refractivity contribution in [3.05, 3.63) is 40.7 Å². The fourth-order valence-corrected chi connectivity index (χ4v) is 2.46. The van der Waals surface area contributed by atoms with Gasteiger partial charge in [-0.15, -0.1) is 0 Å². The van der Waals surface area contributed by atoms with E-state index in [1.807, 2.05) is 0 Å². The van der Waals surface area contributed by atoms with Crippen LogP contribution in [0.1, 0.15) is 33.4 Å². The minimum atomic E-state index is -4.80. The van der Waals surface area contributed by atoms with Crippen molar-refractivity contribution in [2.45, 2.75) is 25.6 Å². The van der Waals surface area contributed by atoms with Crippen molar-refractivity contribution in [1.29, 1.82) is 0 Å². The lowest BCUT2D eigenvalue weighted by molar-refractivity contribution is -0.147. The van der Waals surface area contributed by atoms with Crippen molar-refractivity contribution in [2.24, 2.45) is 14.1 Å². The highest BCUT2D eigenvalue weighted by Crippen LogP contribution is 2.29. The average Bonchev–Trinajstić information content (AvgIpc) is 3.26. The summed E-state index contributed by atoms with van der Waals surface area (Å²) < 4.78 is 84.2. The Morgan fingerprint density at radius 2 is 1.75 bits per heavy atom. The average molecular weight is 465 g/mol. The maximum atomic E-state index is 13.0. The van der Waals surface area contributed by atoms with E-state index in [1.54, 1.807) is 0 Å². The monoisotopic (exact) mass is 465 g/mol. The van der Waals surface area contributed by atoms with E-state index in [4.69, 9.17) is 4.74 Å². The van der Waals surface area contributed by atoms with Crippen LogP contribution in [0, 0.1) is 0 Å². The minimum absolute atomic E-state index is 0.0841. The van der Waals surface area contributed by atoms with E-state index < -0.39 is 48.7 Å². The Bertz CT molecular complexity index is 1120. The van der Waals surface area contributed by atoms with Crippen molar-refractivity contribution in [3.63, 3.8) is 0 Å². The van der Waals surface area contributed by atoms with Crippen LogP contribution in [0.4, 0.5) is 32.3 Å². The summed E-state index contributed by atoms with van der Waals surface area (Å²) in [6, 6.07) is 1.48. The number of aryl methyl sites for hydroxylation is 2. The highest BCUT2D eigenvalue weighted by atomic mass is 19.4. The Labute approximate surface area is 174 Å². The Balaban J connectivity index is 1.80. The van der Waals surface area contributed by atoms with Crippen LogP contribution in [-0.2, 0) is 44.4 Å². The zero-order valence-electron chi connectivity index (χ0n) is 16.2. The summed E-state index contributed by atoms with van der Waals surface area (Å²) in [4.78, 5) is 19.2. The summed E-state index contributed by atoms with van der Waals surface area (Å²) in [5, 5.41) is 16.2. The summed E-state index contributed by atoms with van der Waals surface area (Å²) in [7, 11) is 2.44. The van der Waals surface area contributed by atoms with Gasteiger partial charge < -0.3 is 4.74 Å². The number of ether oxygens (including phenoxy) is 1. The minimum Gasteiger partial charge on any atom is -0.367 e. The van der Waals surface area contributed by atoms with Gasteiger partial charge in [0.15, 0.2) is 5.82 Å². The van der Waals surface area contributed by atoms with Crippen molar-refractivity contribution < 1.29 is 35.9 Å². The number of carbonyl (C=O) groups excluding carboxylic acids is 1. The molecule has 3 rings (SSSR count). The van der Waals surface area contributed by atoms with Crippen LogP contribution in [-0.4, -0.2) is 45.9 Å². The number of nitrogens with zero attached hydrogens (tertiary/aromatic N) is 8. The second kappa shape index (κ2) is 8.48. The molecule has 3 aromatic heterocycles. The number of pyridine rings is 1. The molecule has 0 aliphatic heterocycles. The smallest absolute Gasteiger partial charge is 0.367 e. The standard InChI is InChI=1S/C15H13F6N9O2/c1-29-12(15(19,20)21)23-10(26-29)6-32-5-8-7(3-4-9(22-8)14(16,17)18)11(31)24-13-25-27-28-30(13)2/h3-4H,5-6H2,1-2H3,(H,24,25,28,31). The van der Waals surface area contributed by atoms with E-state index in [0.29, 0.717) is 10.7 Å². The Morgan fingerprint density at radius 1 is 1.03 bits per heavy atom. The quantitative estimate of drug-likeness (QED) is 0.546. The van der Waals surface area contributed by atoms with E-state index in [9.17, 15) is 31.1 Å². The lowest BCUT2D eigenvalue weighted by Crippen LogP contribution is -2.20. The molecule has 0 saturated carbocycles. The Hall–Kier alpha value is -3.63. The zero-order chi connectivity index (χ0) is 23.7. The van der Waals surface area contributed by atoms with Crippen molar-refractivity contribution in [2.75, 3.05) is 5.32 Å². The molecule has 0 aliphatic rings. The van der Waals surface area contributed by atoms with Crippen LogP contribution in [0.2, 0.25) is 0 Å². The predicted molar refractivity (Wildman–Crippen MR) is 90.5 cm³/mol. The van der Waals surface area contributed by atoms with Gasteiger partial charge in [0.25, 0.3) is 5.91 Å². The van der Waals surface area contributed by atoms with Gasteiger partial charge in [-0.25, -0.2) is 19.3 Å². The first kappa shape index (κ1) is 23.0. The molecule has 0 fully saturated rings. The molecule has 0 radical (unpaired) electrons. The first-order chi connectivity index (χ1) is 14.9. The maximum Gasteiger partial charge on any atom is 0.451 e. The summed E-state index contributed by atoms with van der Waals surface area (Å²) in [5.41, 5.74) is -1.99. The molecule has 11 nitrogen and oxygen atoms in total. The molecule has 0 bridgehead atoms. The highest BCUT2D eigenvalue weighted by molar-refractivity contribution is 6.04. The number of anilines is 1. The highest BCUT2D eigenvalue weighted by Gasteiger charge is 2.37. The maximum absolute atomic E-state index is 13.0. The third-order valence-corrected chi connectivity index (χ3v) is 3.89. The molecule has 3 aromatic rings. The summed E-state index contributed by atoms with van der Waals surface area (Å²) in [6.45, 7) is -1.22. The molecule has 0 saturated heterocycles. The summed E-state index contributed by atoms with van der Waals surface area (Å²) >= 11 is 0. The molecule has 32 heavy (non-hydrogen) atoms. The molecule has 17 heteroatoms. The van der Waals surface area contributed by atoms with E-state index in [-0.39, 0.29) is 17.3 Å². The SMILES string of the molecule is Cn1nnnc1NC(=O)c1ccc(C(F)(F)F)nc1COCc1nc(C(F)(F)F)n(C)n1. The molecule has 0 unspecified atom stereocenters. The number of aromatic nitrogens is 8. The molecule has 3 heterocycles. The van der Waals surface area contributed by atoms with E-state index in [1.165, 1.54) is 7.05 Å². The predicted octanol–water partition coefficient (Wildman–Crippen LogP) is 1.74. The van der Waals surface area contributed by atoms with Gasteiger partial charge in [-0.2, -0.15) is 31.4 Å². The summed E-state index contributed by atoms with van der Waals surface area (Å²) in [6.07, 6.45) is -9.55.